The van der Waals surface area contributed by atoms with Crippen LogP contribution in [0.15, 0.2) is 21.9 Å². The number of carboxylic acid groups (broad SMARTS) is 1. The molecule has 10 heteroatoms. The van der Waals surface area contributed by atoms with E-state index in [4.69, 9.17) is 9.63 Å². The van der Waals surface area contributed by atoms with Crippen molar-refractivity contribution in [2.75, 3.05) is 6.54 Å². The van der Waals surface area contributed by atoms with Crippen LogP contribution in [0.3, 0.4) is 0 Å². The number of sulfonamides is 1. The summed E-state index contributed by atoms with van der Waals surface area (Å²) in [6.45, 7) is 3.40. The number of nitrogens with one attached hydrogen (secondary N) is 1. The van der Waals surface area contributed by atoms with Gasteiger partial charge in [0.15, 0.2) is 11.5 Å². The third-order valence-electron chi connectivity index (χ3n) is 2.75. The van der Waals surface area contributed by atoms with E-state index < -0.39 is 16.0 Å². The van der Waals surface area contributed by atoms with Crippen LogP contribution in [0.2, 0.25) is 0 Å². The highest BCUT2D eigenvalue weighted by molar-refractivity contribution is 7.89. The van der Waals surface area contributed by atoms with Crippen molar-refractivity contribution in [2.24, 2.45) is 0 Å². The molecule has 0 bridgehead atoms. The molecule has 2 heterocycles. The normalized spacial score (nSPS) is 11.7. The summed E-state index contributed by atoms with van der Waals surface area (Å²) in [4.78, 5) is 14.4. The molecule has 0 saturated heterocycles. The topological polar surface area (TPSA) is 127 Å². The van der Waals surface area contributed by atoms with E-state index in [-0.39, 0.29) is 35.1 Å². The minimum absolute atomic E-state index is 0.0272. The Bertz CT molecular complexity index is 742. The van der Waals surface area contributed by atoms with Crippen molar-refractivity contribution in [3.8, 4) is 0 Å². The molecule has 0 unspecified atom stereocenters. The van der Waals surface area contributed by atoms with E-state index in [1.54, 1.807) is 6.92 Å². The van der Waals surface area contributed by atoms with Gasteiger partial charge in [-0.2, -0.15) is 0 Å². The van der Waals surface area contributed by atoms with Crippen molar-refractivity contribution >= 4 is 16.0 Å². The molecule has 0 saturated carbocycles. The third kappa shape index (κ3) is 3.28. The summed E-state index contributed by atoms with van der Waals surface area (Å²) in [6, 6.07) is 0. The molecule has 0 aromatic carbocycles. The number of hydrogen-bond donors (Lipinski definition) is 2. The molecule has 0 fully saturated rings. The molecule has 2 aromatic heterocycles. The fraction of sp³-hybridized carbons (Fsp3) is 0.364. The van der Waals surface area contributed by atoms with Crippen LogP contribution in [-0.2, 0) is 16.6 Å². The van der Waals surface area contributed by atoms with Crippen molar-refractivity contribution < 1.29 is 22.8 Å². The van der Waals surface area contributed by atoms with Crippen molar-refractivity contribution in [3.05, 3.63) is 29.7 Å². The van der Waals surface area contributed by atoms with Crippen molar-refractivity contribution in [2.45, 2.75) is 25.3 Å². The first kappa shape index (κ1) is 15.2. The molecule has 0 amide bonds. The van der Waals surface area contributed by atoms with Gasteiger partial charge < -0.3 is 14.2 Å². The van der Waals surface area contributed by atoms with E-state index in [1.165, 1.54) is 24.0 Å². The average Bonchev–Trinajstić information content (AvgIpc) is 2.96. The predicted octanol–water partition coefficient (Wildman–Crippen LogP) is 0.165. The zero-order valence-corrected chi connectivity index (χ0v) is 12.2. The van der Waals surface area contributed by atoms with E-state index >= 15 is 0 Å². The molecule has 2 N–H and O–H groups in total. The summed E-state index contributed by atoms with van der Waals surface area (Å²) in [5.41, 5.74) is 0.194. The van der Waals surface area contributed by atoms with Gasteiger partial charge in [0.05, 0.1) is 6.33 Å². The highest BCUT2D eigenvalue weighted by Crippen LogP contribution is 2.18. The fourth-order valence-corrected chi connectivity index (χ4v) is 3.18. The SMILES string of the molecule is Cc1noc(C)c1S(=O)(=O)NCCn1cnc(C(=O)O)c1. The van der Waals surface area contributed by atoms with Crippen LogP contribution in [0, 0.1) is 13.8 Å². The quantitative estimate of drug-likeness (QED) is 0.777. The molecule has 2 aromatic rings. The molecule has 21 heavy (non-hydrogen) atoms. The highest BCUT2D eigenvalue weighted by Gasteiger charge is 2.23. The predicted molar refractivity (Wildman–Crippen MR) is 70.4 cm³/mol. The summed E-state index contributed by atoms with van der Waals surface area (Å²) in [6.07, 6.45) is 2.65. The first-order valence-electron chi connectivity index (χ1n) is 5.99. The second kappa shape index (κ2) is 5.66. The van der Waals surface area contributed by atoms with Crippen molar-refractivity contribution in [1.29, 1.82) is 0 Å². The fourth-order valence-electron chi connectivity index (χ4n) is 1.83. The Kier molecular flexibility index (Phi) is 4.09. The van der Waals surface area contributed by atoms with Gasteiger partial charge in [0.25, 0.3) is 0 Å². The van der Waals surface area contributed by atoms with Crippen molar-refractivity contribution in [1.82, 2.24) is 19.4 Å². The molecule has 0 atom stereocenters. The van der Waals surface area contributed by atoms with E-state index in [0.717, 1.165) is 0 Å². The minimum Gasteiger partial charge on any atom is -0.476 e. The number of aromatic carboxylic acids is 1. The summed E-state index contributed by atoms with van der Waals surface area (Å²) < 4.78 is 32.9. The van der Waals surface area contributed by atoms with E-state index in [1.807, 2.05) is 0 Å². The molecule has 0 spiro atoms. The lowest BCUT2D eigenvalue weighted by molar-refractivity contribution is 0.0691. The van der Waals surface area contributed by atoms with Gasteiger partial charge in [-0.25, -0.2) is 22.9 Å². The minimum atomic E-state index is -3.71. The monoisotopic (exact) mass is 314 g/mol. The number of rotatable bonds is 6. The van der Waals surface area contributed by atoms with Gasteiger partial charge in [-0.05, 0) is 13.8 Å². The maximum atomic E-state index is 12.1. The largest absolute Gasteiger partial charge is 0.476 e. The summed E-state index contributed by atoms with van der Waals surface area (Å²) in [7, 11) is -3.71. The smallest absolute Gasteiger partial charge is 0.356 e. The number of nitrogens with zero attached hydrogens (tertiary/aromatic N) is 3. The van der Waals surface area contributed by atoms with Crippen LogP contribution in [0.25, 0.3) is 0 Å². The molecule has 2 rings (SSSR count). The summed E-state index contributed by atoms with van der Waals surface area (Å²) in [5, 5.41) is 12.3. The maximum Gasteiger partial charge on any atom is 0.356 e. The van der Waals surface area contributed by atoms with Gasteiger partial charge >= 0.3 is 5.97 Å². The number of carbonyl (C=O) groups is 1. The number of carboxylic acids is 1. The Hall–Kier alpha value is -2.20. The number of aryl methyl sites for hydroxylation is 2. The lowest BCUT2D eigenvalue weighted by Crippen LogP contribution is -2.28. The molecule has 0 aliphatic rings. The highest BCUT2D eigenvalue weighted by atomic mass is 32.2. The first-order chi connectivity index (χ1) is 9.81. The van der Waals surface area contributed by atoms with Crippen LogP contribution in [0.5, 0.6) is 0 Å². The molecule has 114 valence electrons. The van der Waals surface area contributed by atoms with Gasteiger partial charge in [0.2, 0.25) is 10.0 Å². The molecule has 9 nitrogen and oxygen atoms in total. The van der Waals surface area contributed by atoms with Gasteiger partial charge in [0.1, 0.15) is 10.6 Å². The van der Waals surface area contributed by atoms with Crippen molar-refractivity contribution in [3.63, 3.8) is 0 Å². The standard InChI is InChI=1S/C11H14N4O5S/c1-7-10(8(2)20-14-7)21(18,19)13-3-4-15-5-9(11(16)17)12-6-15/h5-6,13H,3-4H2,1-2H3,(H,16,17). The van der Waals surface area contributed by atoms with Gasteiger partial charge in [0, 0.05) is 19.3 Å². The van der Waals surface area contributed by atoms with E-state index in [9.17, 15) is 13.2 Å². The second-order valence-electron chi connectivity index (χ2n) is 4.35. The van der Waals surface area contributed by atoms with E-state index in [2.05, 4.69) is 14.9 Å². The maximum absolute atomic E-state index is 12.1. The van der Waals surface area contributed by atoms with Gasteiger partial charge in [-0.15, -0.1) is 0 Å². The number of imidazole rings is 1. The zero-order chi connectivity index (χ0) is 15.6. The summed E-state index contributed by atoms with van der Waals surface area (Å²) >= 11 is 0. The van der Waals surface area contributed by atoms with Crippen LogP contribution >= 0.6 is 0 Å². The summed E-state index contributed by atoms with van der Waals surface area (Å²) in [5.74, 6) is -0.916. The third-order valence-corrected chi connectivity index (χ3v) is 4.46. The molecule has 0 aliphatic carbocycles. The molecule has 0 aliphatic heterocycles. The van der Waals surface area contributed by atoms with Gasteiger partial charge in [-0.1, -0.05) is 5.16 Å². The lowest BCUT2D eigenvalue weighted by Gasteiger charge is -2.06. The van der Waals surface area contributed by atoms with Crippen LogP contribution in [0.4, 0.5) is 0 Å². The Morgan fingerprint density at radius 3 is 2.71 bits per heavy atom. The van der Waals surface area contributed by atoms with Crippen LogP contribution in [0.1, 0.15) is 21.9 Å². The number of hydrogen-bond acceptors (Lipinski definition) is 6. The Morgan fingerprint density at radius 1 is 1.48 bits per heavy atom. The molecular formula is C11H14N4O5S. The number of aromatic nitrogens is 3. The Morgan fingerprint density at radius 2 is 2.19 bits per heavy atom. The zero-order valence-electron chi connectivity index (χ0n) is 11.4. The van der Waals surface area contributed by atoms with Crippen LogP contribution in [-0.4, -0.2) is 40.7 Å². The molecule has 0 radical (unpaired) electrons. The Labute approximate surface area is 120 Å². The van der Waals surface area contributed by atoms with Crippen LogP contribution < -0.4 is 4.72 Å². The second-order valence-corrected chi connectivity index (χ2v) is 6.06. The Balaban J connectivity index is 2.01. The molecular weight excluding hydrogens is 300 g/mol. The first-order valence-corrected chi connectivity index (χ1v) is 7.47. The average molecular weight is 314 g/mol. The van der Waals surface area contributed by atoms with Gasteiger partial charge in [-0.3, -0.25) is 0 Å². The lowest BCUT2D eigenvalue weighted by atomic mass is 10.4. The van der Waals surface area contributed by atoms with E-state index in [0.29, 0.717) is 0 Å².